The predicted molar refractivity (Wildman–Crippen MR) is 102 cm³/mol. The van der Waals surface area contributed by atoms with E-state index in [0.29, 0.717) is 26.9 Å². The molecule has 1 N–H and O–H groups in total. The molecule has 0 unspecified atom stereocenters. The maximum Gasteiger partial charge on any atom is 0.254 e. The maximum absolute atomic E-state index is 12.7. The molecule has 136 valence electrons. The quantitative estimate of drug-likeness (QED) is 0.404. The van der Waals surface area contributed by atoms with E-state index in [1.807, 2.05) is 19.1 Å². The fraction of sp³-hybridized carbons (Fsp3) is 0.389. The molecule has 6 nitrogen and oxygen atoms in total. The molecule has 0 aromatic heterocycles. The third-order valence-corrected chi connectivity index (χ3v) is 7.39. The van der Waals surface area contributed by atoms with Gasteiger partial charge in [-0.3, -0.25) is 9.59 Å². The minimum atomic E-state index is -0.274. The van der Waals surface area contributed by atoms with Gasteiger partial charge in [-0.25, -0.2) is 0 Å². The number of fused-ring (bicyclic) bond motifs is 5. The Bertz CT molecular complexity index is 837. The number of allylic oxidation sites excluding steroid dienone is 2. The van der Waals surface area contributed by atoms with Crippen LogP contribution < -0.4 is 4.74 Å². The molecule has 1 saturated heterocycles. The van der Waals surface area contributed by atoms with E-state index in [1.165, 1.54) is 6.21 Å². The van der Waals surface area contributed by atoms with Crippen molar-refractivity contribution < 1.29 is 19.4 Å². The number of rotatable bonds is 4. The molecule has 4 rings (SSSR count). The van der Waals surface area contributed by atoms with Gasteiger partial charge in [0.05, 0.1) is 29.1 Å². The molecular formula is C18H16Br2N2O4. The molecule has 1 saturated carbocycles. The zero-order valence-electron chi connectivity index (χ0n) is 13.9. The number of hydrogen-bond acceptors (Lipinski definition) is 5. The van der Waals surface area contributed by atoms with Crippen LogP contribution in [0, 0.1) is 23.7 Å². The standard InChI is InChI=1S/C18H16Br2N2O4/c1-2-26-11-6-10(14(19)15(20)16(11)23)7-21-22-17(24)12-8-3-4-9(5-8)13(12)18(22)25/h3-4,6-9,12-13,23H,2,5H2,1H3/t8-,9-,12-,13+/m0/s1. The van der Waals surface area contributed by atoms with Crippen molar-refractivity contribution in [2.24, 2.45) is 28.8 Å². The summed E-state index contributed by atoms with van der Waals surface area (Å²) in [6, 6.07) is 1.61. The van der Waals surface area contributed by atoms with Crippen molar-refractivity contribution >= 4 is 49.9 Å². The van der Waals surface area contributed by atoms with E-state index in [4.69, 9.17) is 4.74 Å². The number of hydrazone groups is 1. The van der Waals surface area contributed by atoms with E-state index >= 15 is 0 Å². The highest BCUT2D eigenvalue weighted by atomic mass is 79.9. The highest BCUT2D eigenvalue weighted by Gasteiger charge is 2.59. The summed E-state index contributed by atoms with van der Waals surface area (Å²) in [4.78, 5) is 25.3. The first-order chi connectivity index (χ1) is 12.4. The van der Waals surface area contributed by atoms with E-state index < -0.39 is 0 Å². The highest BCUT2D eigenvalue weighted by Crippen LogP contribution is 2.52. The number of halogens is 2. The average molecular weight is 484 g/mol. The van der Waals surface area contributed by atoms with Crippen molar-refractivity contribution in [3.05, 3.63) is 32.7 Å². The van der Waals surface area contributed by atoms with Crippen LogP contribution in [0.2, 0.25) is 0 Å². The molecule has 1 aromatic rings. The lowest BCUT2D eigenvalue weighted by molar-refractivity contribution is -0.140. The third kappa shape index (κ3) is 2.53. The summed E-state index contributed by atoms with van der Waals surface area (Å²) in [7, 11) is 0. The molecule has 0 spiro atoms. The van der Waals surface area contributed by atoms with Crippen molar-refractivity contribution in [2.45, 2.75) is 13.3 Å². The number of amides is 2. The summed E-state index contributed by atoms with van der Waals surface area (Å²) in [5.41, 5.74) is 0.580. The SMILES string of the molecule is CCOc1cc(C=NN2C(=O)[C@@H]3[C@H](C2=O)[C@H]2C=C[C@H]3C2)c(Br)c(Br)c1O. The maximum atomic E-state index is 12.7. The first-order valence-electron chi connectivity index (χ1n) is 8.38. The molecule has 8 heteroatoms. The van der Waals surface area contributed by atoms with Gasteiger partial charge in [0.2, 0.25) is 0 Å². The summed E-state index contributed by atoms with van der Waals surface area (Å²) < 4.78 is 6.38. The Morgan fingerprint density at radius 2 is 1.85 bits per heavy atom. The van der Waals surface area contributed by atoms with Crippen LogP contribution in [0.4, 0.5) is 0 Å². The first-order valence-corrected chi connectivity index (χ1v) is 9.96. The number of hydrogen-bond donors (Lipinski definition) is 1. The number of carbonyl (C=O) groups excluding carboxylic acids is 2. The van der Waals surface area contributed by atoms with Crippen LogP contribution in [0.25, 0.3) is 0 Å². The predicted octanol–water partition coefficient (Wildman–Crippen LogP) is 3.46. The summed E-state index contributed by atoms with van der Waals surface area (Å²) in [5, 5.41) is 15.3. The Morgan fingerprint density at radius 3 is 2.42 bits per heavy atom. The van der Waals surface area contributed by atoms with Crippen LogP contribution in [0.5, 0.6) is 11.5 Å². The van der Waals surface area contributed by atoms with E-state index in [0.717, 1.165) is 11.4 Å². The van der Waals surface area contributed by atoms with Gasteiger partial charge in [0.1, 0.15) is 0 Å². The normalized spacial score (nSPS) is 29.3. The lowest BCUT2D eigenvalue weighted by Crippen LogP contribution is -2.28. The largest absolute Gasteiger partial charge is 0.503 e. The first kappa shape index (κ1) is 17.7. The van der Waals surface area contributed by atoms with E-state index in [-0.39, 0.29) is 41.2 Å². The lowest BCUT2D eigenvalue weighted by atomic mass is 9.85. The Kier molecular flexibility index (Phi) is 4.43. The van der Waals surface area contributed by atoms with Crippen molar-refractivity contribution in [3.8, 4) is 11.5 Å². The Morgan fingerprint density at radius 1 is 1.23 bits per heavy atom. The lowest BCUT2D eigenvalue weighted by Gasteiger charge is -2.13. The third-order valence-electron chi connectivity index (χ3n) is 5.23. The van der Waals surface area contributed by atoms with Crippen LogP contribution >= 0.6 is 31.9 Å². The van der Waals surface area contributed by atoms with Gasteiger partial charge in [0.25, 0.3) is 11.8 Å². The van der Waals surface area contributed by atoms with Gasteiger partial charge in [0, 0.05) is 10.0 Å². The summed E-state index contributed by atoms with van der Waals surface area (Å²) >= 11 is 6.68. The number of ether oxygens (including phenoxy) is 1. The molecular weight excluding hydrogens is 468 g/mol. The summed E-state index contributed by atoms with van der Waals surface area (Å²) in [5.74, 6) is -0.434. The molecule has 4 atom stereocenters. The minimum Gasteiger partial charge on any atom is -0.503 e. The Balaban J connectivity index is 1.63. The van der Waals surface area contributed by atoms with Gasteiger partial charge in [0.15, 0.2) is 11.5 Å². The molecule has 3 aliphatic rings. The number of nitrogens with zero attached hydrogens (tertiary/aromatic N) is 2. The average Bonchev–Trinajstić information content (AvgIpc) is 3.30. The Hall–Kier alpha value is -1.67. The minimum absolute atomic E-state index is 0.0265. The van der Waals surface area contributed by atoms with Crippen LogP contribution in [-0.2, 0) is 9.59 Å². The van der Waals surface area contributed by atoms with E-state index in [2.05, 4.69) is 37.0 Å². The van der Waals surface area contributed by atoms with Gasteiger partial charge in [-0.2, -0.15) is 10.1 Å². The molecule has 2 bridgehead atoms. The van der Waals surface area contributed by atoms with Crippen LogP contribution in [-0.4, -0.2) is 34.8 Å². The van der Waals surface area contributed by atoms with E-state index in [1.54, 1.807) is 6.07 Å². The van der Waals surface area contributed by atoms with Crippen LogP contribution in [0.15, 0.2) is 32.3 Å². The zero-order valence-corrected chi connectivity index (χ0v) is 17.0. The highest BCUT2D eigenvalue weighted by molar-refractivity contribution is 9.13. The molecule has 2 fully saturated rings. The fourth-order valence-electron chi connectivity index (χ4n) is 4.09. The smallest absolute Gasteiger partial charge is 0.254 e. The topological polar surface area (TPSA) is 79.2 Å². The molecule has 2 amide bonds. The number of aromatic hydroxyl groups is 1. The van der Waals surface area contributed by atoms with Crippen molar-refractivity contribution in [3.63, 3.8) is 0 Å². The number of imide groups is 1. The molecule has 2 aliphatic carbocycles. The molecule has 26 heavy (non-hydrogen) atoms. The van der Waals surface area contributed by atoms with Crippen molar-refractivity contribution in [1.29, 1.82) is 0 Å². The fourth-order valence-corrected chi connectivity index (χ4v) is 4.92. The zero-order chi connectivity index (χ0) is 18.6. The second kappa shape index (κ2) is 6.49. The summed E-state index contributed by atoms with van der Waals surface area (Å²) in [6.45, 7) is 2.20. The number of benzene rings is 1. The van der Waals surface area contributed by atoms with Crippen molar-refractivity contribution in [1.82, 2.24) is 5.01 Å². The number of carbonyl (C=O) groups is 2. The Labute approximate surface area is 167 Å². The molecule has 1 heterocycles. The number of phenolic OH excluding ortho intramolecular Hbond substituents is 1. The number of phenols is 1. The van der Waals surface area contributed by atoms with E-state index in [9.17, 15) is 14.7 Å². The van der Waals surface area contributed by atoms with Gasteiger partial charge in [-0.05, 0) is 63.1 Å². The van der Waals surface area contributed by atoms with Crippen LogP contribution in [0.3, 0.4) is 0 Å². The molecule has 1 aromatic carbocycles. The van der Waals surface area contributed by atoms with Gasteiger partial charge < -0.3 is 9.84 Å². The molecule has 0 radical (unpaired) electrons. The second-order valence-corrected chi connectivity index (χ2v) is 8.19. The van der Waals surface area contributed by atoms with Gasteiger partial charge in [-0.1, -0.05) is 12.2 Å². The second-order valence-electron chi connectivity index (χ2n) is 6.61. The molecule has 1 aliphatic heterocycles. The van der Waals surface area contributed by atoms with Gasteiger partial charge >= 0.3 is 0 Å². The van der Waals surface area contributed by atoms with Gasteiger partial charge in [-0.15, -0.1) is 0 Å². The van der Waals surface area contributed by atoms with Crippen molar-refractivity contribution in [2.75, 3.05) is 6.61 Å². The monoisotopic (exact) mass is 482 g/mol. The van der Waals surface area contributed by atoms with Crippen LogP contribution in [0.1, 0.15) is 18.9 Å². The summed E-state index contributed by atoms with van der Waals surface area (Å²) in [6.07, 6.45) is 6.42.